The molecule has 3 heterocycles. The van der Waals surface area contributed by atoms with E-state index in [0.29, 0.717) is 5.95 Å². The Hall–Kier alpha value is -2.63. The Morgan fingerprint density at radius 2 is 1.90 bits per heavy atom. The summed E-state index contributed by atoms with van der Waals surface area (Å²) < 4.78 is 0. The molecule has 2 aromatic heterocycles. The van der Waals surface area contributed by atoms with Crippen molar-refractivity contribution in [1.82, 2.24) is 20.2 Å². The molecule has 0 atom stereocenters. The van der Waals surface area contributed by atoms with Gasteiger partial charge < -0.3 is 10.2 Å². The van der Waals surface area contributed by atoms with Gasteiger partial charge in [-0.1, -0.05) is 24.3 Å². The fourth-order valence-electron chi connectivity index (χ4n) is 2.66. The summed E-state index contributed by atoms with van der Waals surface area (Å²) in [5, 5.41) is 10.9. The van der Waals surface area contributed by atoms with E-state index < -0.39 is 0 Å². The van der Waals surface area contributed by atoms with Crippen LogP contribution in [-0.4, -0.2) is 27.2 Å². The van der Waals surface area contributed by atoms with E-state index in [0.717, 1.165) is 29.9 Å². The molecule has 20 heavy (non-hydrogen) atoms. The number of nitrogens with zero attached hydrogens (tertiary/aromatic N) is 4. The minimum absolute atomic E-state index is 0.604. The van der Waals surface area contributed by atoms with Gasteiger partial charge in [0.2, 0.25) is 5.95 Å². The van der Waals surface area contributed by atoms with Gasteiger partial charge in [-0.3, -0.25) is 5.10 Å². The van der Waals surface area contributed by atoms with Gasteiger partial charge in [-0.25, -0.2) is 0 Å². The van der Waals surface area contributed by atoms with Gasteiger partial charge in [0.25, 0.3) is 0 Å². The highest BCUT2D eigenvalue weighted by Gasteiger charge is 2.22. The molecule has 0 saturated heterocycles. The number of fused-ring (bicyclic) bond motifs is 2. The molecular formula is C14H14N6. The van der Waals surface area contributed by atoms with Crippen molar-refractivity contribution in [3.05, 3.63) is 41.6 Å². The van der Waals surface area contributed by atoms with E-state index in [2.05, 4.69) is 54.6 Å². The monoisotopic (exact) mass is 266 g/mol. The standard InChI is InChI=1S/C14H14N6/c1-15-14-17-12-11(6-16-19-12)13(18-14)20-7-9-4-2-3-5-10(9)8-20/h2-6H,7-8H2,1H3,(H2,15,16,17,18,19). The summed E-state index contributed by atoms with van der Waals surface area (Å²) in [5.41, 5.74) is 3.47. The minimum atomic E-state index is 0.604. The van der Waals surface area contributed by atoms with E-state index >= 15 is 0 Å². The fourth-order valence-corrected chi connectivity index (χ4v) is 2.66. The zero-order valence-electron chi connectivity index (χ0n) is 11.1. The number of aromatic amines is 1. The first-order valence-electron chi connectivity index (χ1n) is 6.56. The maximum atomic E-state index is 4.60. The molecule has 100 valence electrons. The van der Waals surface area contributed by atoms with Crippen molar-refractivity contribution in [2.75, 3.05) is 17.3 Å². The van der Waals surface area contributed by atoms with Crippen molar-refractivity contribution in [3.63, 3.8) is 0 Å². The zero-order valence-corrected chi connectivity index (χ0v) is 11.1. The number of H-pyrrole nitrogens is 1. The molecule has 6 heteroatoms. The van der Waals surface area contributed by atoms with Crippen LogP contribution in [0.2, 0.25) is 0 Å². The van der Waals surface area contributed by atoms with Crippen molar-refractivity contribution >= 4 is 22.8 Å². The maximum absolute atomic E-state index is 4.60. The highest BCUT2D eigenvalue weighted by Crippen LogP contribution is 2.31. The molecule has 4 rings (SSSR count). The molecule has 0 radical (unpaired) electrons. The lowest BCUT2D eigenvalue weighted by molar-refractivity contribution is 0.860. The summed E-state index contributed by atoms with van der Waals surface area (Å²) in [6.45, 7) is 1.74. The molecule has 1 aliphatic heterocycles. The predicted molar refractivity (Wildman–Crippen MR) is 77.6 cm³/mol. The topological polar surface area (TPSA) is 69.7 Å². The first-order chi connectivity index (χ1) is 9.85. The molecule has 0 aliphatic carbocycles. The predicted octanol–water partition coefficient (Wildman–Crippen LogP) is 1.91. The van der Waals surface area contributed by atoms with E-state index in [1.54, 1.807) is 6.20 Å². The van der Waals surface area contributed by atoms with Gasteiger partial charge in [-0.05, 0) is 11.1 Å². The van der Waals surface area contributed by atoms with Crippen LogP contribution in [0.25, 0.3) is 11.0 Å². The van der Waals surface area contributed by atoms with E-state index in [1.165, 1.54) is 11.1 Å². The first kappa shape index (κ1) is 11.2. The number of benzene rings is 1. The number of rotatable bonds is 2. The summed E-state index contributed by atoms with van der Waals surface area (Å²) >= 11 is 0. The summed E-state index contributed by atoms with van der Waals surface area (Å²) in [4.78, 5) is 11.2. The number of hydrogen-bond acceptors (Lipinski definition) is 5. The Morgan fingerprint density at radius 1 is 1.15 bits per heavy atom. The first-order valence-corrected chi connectivity index (χ1v) is 6.56. The van der Waals surface area contributed by atoms with E-state index in [-0.39, 0.29) is 0 Å². The van der Waals surface area contributed by atoms with Crippen molar-refractivity contribution in [2.24, 2.45) is 0 Å². The smallest absolute Gasteiger partial charge is 0.226 e. The van der Waals surface area contributed by atoms with Crippen LogP contribution in [0.5, 0.6) is 0 Å². The Bertz CT molecular complexity index is 753. The van der Waals surface area contributed by atoms with E-state index in [9.17, 15) is 0 Å². The summed E-state index contributed by atoms with van der Waals surface area (Å²) in [6, 6.07) is 8.49. The van der Waals surface area contributed by atoms with Crippen LogP contribution >= 0.6 is 0 Å². The average Bonchev–Trinajstić information content (AvgIpc) is 3.12. The summed E-state index contributed by atoms with van der Waals surface area (Å²) in [6.07, 6.45) is 1.78. The lowest BCUT2D eigenvalue weighted by Crippen LogP contribution is -2.17. The van der Waals surface area contributed by atoms with Gasteiger partial charge in [-0.15, -0.1) is 0 Å². The molecule has 0 saturated carbocycles. The molecule has 1 aromatic carbocycles. The van der Waals surface area contributed by atoms with Crippen molar-refractivity contribution < 1.29 is 0 Å². The molecule has 0 amide bonds. The SMILES string of the molecule is CNc1nc(N2Cc3ccccc3C2)c2cn[nH]c2n1. The largest absolute Gasteiger partial charge is 0.357 e. The van der Waals surface area contributed by atoms with Crippen LogP contribution < -0.4 is 10.2 Å². The number of anilines is 2. The van der Waals surface area contributed by atoms with Gasteiger partial charge in [0.15, 0.2) is 5.65 Å². The van der Waals surface area contributed by atoms with Crippen molar-refractivity contribution in [1.29, 1.82) is 0 Å². The lowest BCUT2D eigenvalue weighted by atomic mass is 10.1. The lowest BCUT2D eigenvalue weighted by Gasteiger charge is -2.17. The Balaban J connectivity index is 1.82. The molecule has 0 unspecified atom stereocenters. The van der Waals surface area contributed by atoms with Gasteiger partial charge >= 0.3 is 0 Å². The Labute approximate surface area is 115 Å². The Kier molecular flexibility index (Phi) is 2.35. The van der Waals surface area contributed by atoms with Crippen LogP contribution in [0.3, 0.4) is 0 Å². The van der Waals surface area contributed by atoms with Gasteiger partial charge in [0, 0.05) is 20.1 Å². The number of aromatic nitrogens is 4. The molecular weight excluding hydrogens is 252 g/mol. The summed E-state index contributed by atoms with van der Waals surface area (Å²) in [5.74, 6) is 1.53. The third kappa shape index (κ3) is 1.61. The van der Waals surface area contributed by atoms with E-state index in [4.69, 9.17) is 0 Å². The second kappa shape index (κ2) is 4.19. The van der Waals surface area contributed by atoms with Crippen LogP contribution in [0.15, 0.2) is 30.5 Å². The van der Waals surface area contributed by atoms with Crippen LogP contribution in [-0.2, 0) is 13.1 Å². The quantitative estimate of drug-likeness (QED) is 0.741. The second-order valence-electron chi connectivity index (χ2n) is 4.88. The third-order valence-electron chi connectivity index (χ3n) is 3.65. The Morgan fingerprint density at radius 3 is 2.60 bits per heavy atom. The maximum Gasteiger partial charge on any atom is 0.226 e. The zero-order chi connectivity index (χ0) is 13.5. The molecule has 0 fully saturated rings. The normalized spacial score (nSPS) is 13.8. The number of nitrogens with one attached hydrogen (secondary N) is 2. The van der Waals surface area contributed by atoms with Crippen molar-refractivity contribution in [2.45, 2.75) is 13.1 Å². The molecule has 1 aliphatic rings. The highest BCUT2D eigenvalue weighted by atomic mass is 15.3. The summed E-state index contributed by atoms with van der Waals surface area (Å²) in [7, 11) is 1.82. The van der Waals surface area contributed by atoms with Gasteiger partial charge in [0.1, 0.15) is 5.82 Å². The second-order valence-corrected chi connectivity index (χ2v) is 4.88. The minimum Gasteiger partial charge on any atom is -0.357 e. The highest BCUT2D eigenvalue weighted by molar-refractivity contribution is 5.87. The average molecular weight is 266 g/mol. The van der Waals surface area contributed by atoms with Crippen LogP contribution in [0.4, 0.5) is 11.8 Å². The van der Waals surface area contributed by atoms with E-state index in [1.807, 2.05) is 7.05 Å². The van der Waals surface area contributed by atoms with Gasteiger partial charge in [0.05, 0.1) is 11.6 Å². The number of hydrogen-bond donors (Lipinski definition) is 2. The molecule has 0 spiro atoms. The van der Waals surface area contributed by atoms with Crippen LogP contribution in [0, 0.1) is 0 Å². The molecule has 2 N–H and O–H groups in total. The molecule has 0 bridgehead atoms. The molecule has 3 aromatic rings. The van der Waals surface area contributed by atoms with Crippen LogP contribution in [0.1, 0.15) is 11.1 Å². The van der Waals surface area contributed by atoms with Crippen molar-refractivity contribution in [3.8, 4) is 0 Å². The fraction of sp³-hybridized carbons (Fsp3) is 0.214. The third-order valence-corrected chi connectivity index (χ3v) is 3.65. The molecule has 6 nitrogen and oxygen atoms in total. The van der Waals surface area contributed by atoms with Gasteiger partial charge in [-0.2, -0.15) is 15.1 Å².